The number of aromatic carboxylic acids is 1. The molecule has 0 aliphatic carbocycles. The normalized spacial score (nSPS) is 11.1. The highest BCUT2D eigenvalue weighted by molar-refractivity contribution is 5.90. The number of halogens is 3. The molecule has 2 rings (SSSR count). The van der Waals surface area contributed by atoms with Crippen LogP contribution in [0, 0.1) is 0 Å². The van der Waals surface area contributed by atoms with Gasteiger partial charge in [-0.15, -0.1) is 0 Å². The fourth-order valence-electron chi connectivity index (χ4n) is 2.58. The molecule has 144 valence electrons. The Bertz CT molecular complexity index is 816. The van der Waals surface area contributed by atoms with E-state index >= 15 is 0 Å². The molecule has 0 aromatic heterocycles. The van der Waals surface area contributed by atoms with Crippen molar-refractivity contribution in [3.05, 3.63) is 64.7 Å². The van der Waals surface area contributed by atoms with E-state index in [0.29, 0.717) is 5.56 Å². The van der Waals surface area contributed by atoms with Gasteiger partial charge in [0.25, 0.3) is 0 Å². The molecule has 0 aliphatic heterocycles. The zero-order valence-corrected chi connectivity index (χ0v) is 14.4. The topological polar surface area (TPSA) is 72.8 Å². The molecular weight excluding hydrogens is 365 g/mol. The first-order chi connectivity index (χ1) is 12.7. The predicted octanol–water partition coefficient (Wildman–Crippen LogP) is 3.94. The lowest BCUT2D eigenvalue weighted by Gasteiger charge is -2.20. The first-order valence-electron chi connectivity index (χ1n) is 7.96. The lowest BCUT2D eigenvalue weighted by molar-refractivity contribution is -0.141. The van der Waals surface area contributed by atoms with Gasteiger partial charge in [0.15, 0.2) is 0 Å². The average molecular weight is 382 g/mol. The van der Waals surface area contributed by atoms with Crippen LogP contribution in [0.3, 0.4) is 0 Å². The Balaban J connectivity index is 2.48. The minimum absolute atomic E-state index is 0.108. The molecule has 5 nitrogen and oxygen atoms in total. The monoisotopic (exact) mass is 382 g/mol. The third kappa shape index (κ3) is 5.47. The van der Waals surface area contributed by atoms with Gasteiger partial charge in [-0.3, -0.25) is 4.79 Å². The van der Waals surface area contributed by atoms with E-state index in [1.54, 1.807) is 30.3 Å². The van der Waals surface area contributed by atoms with Crippen LogP contribution in [0.25, 0.3) is 0 Å². The van der Waals surface area contributed by atoms with E-state index in [9.17, 15) is 27.9 Å². The molecule has 0 atom stereocenters. The smallest absolute Gasteiger partial charge is 0.417 e. The van der Waals surface area contributed by atoms with Gasteiger partial charge >= 0.3 is 18.1 Å². The summed E-state index contributed by atoms with van der Waals surface area (Å²) in [5, 5.41) is 9.19. The zero-order valence-electron chi connectivity index (χ0n) is 14.4. The van der Waals surface area contributed by atoms with Crippen molar-refractivity contribution in [2.24, 2.45) is 0 Å². The third-order valence-corrected chi connectivity index (χ3v) is 3.65. The van der Waals surface area contributed by atoms with E-state index in [1.807, 2.05) is 0 Å². The second-order valence-electron chi connectivity index (χ2n) is 5.62. The van der Waals surface area contributed by atoms with E-state index in [2.05, 4.69) is 0 Å². The maximum absolute atomic E-state index is 13.7. The number of carbonyl (C=O) groups excluding carboxylic acids is 1. The van der Waals surface area contributed by atoms with Crippen LogP contribution >= 0.6 is 0 Å². The summed E-state index contributed by atoms with van der Waals surface area (Å²) in [4.78, 5) is 22.1. The number of carbonyl (C=O) groups is 2. The van der Waals surface area contributed by atoms with Gasteiger partial charge in [0, 0.05) is 18.9 Å². The summed E-state index contributed by atoms with van der Waals surface area (Å²) in [7, 11) is 0. The Labute approximate surface area is 153 Å². The molecule has 0 spiro atoms. The van der Waals surface area contributed by atoms with Crippen LogP contribution in [0.4, 0.5) is 13.2 Å². The second-order valence-corrected chi connectivity index (χ2v) is 5.62. The summed E-state index contributed by atoms with van der Waals surface area (Å²) in [5.74, 6) is -2.33. The first-order valence-corrected chi connectivity index (χ1v) is 7.96. The highest BCUT2D eigenvalue weighted by atomic mass is 19.4. The molecule has 0 unspecified atom stereocenters. The molecule has 0 saturated carbocycles. The standard InChI is InChI=1S/C19H17F3O5/c1-12(23)26-9-10-27-16-8-7-14(18(24)25)17(19(20,21)22)15(16)11-13-5-3-2-4-6-13/h2-8H,9-11H2,1H3,(H,24,25). The Morgan fingerprint density at radius 2 is 1.70 bits per heavy atom. The van der Waals surface area contributed by atoms with Crippen molar-refractivity contribution < 1.29 is 37.3 Å². The minimum Gasteiger partial charge on any atom is -0.490 e. The van der Waals surface area contributed by atoms with E-state index in [4.69, 9.17) is 9.47 Å². The number of carboxylic acids is 1. The molecule has 8 heteroatoms. The number of alkyl halides is 3. The molecule has 0 aliphatic rings. The number of hydrogen-bond acceptors (Lipinski definition) is 4. The van der Waals surface area contributed by atoms with E-state index < -0.39 is 29.2 Å². The van der Waals surface area contributed by atoms with Gasteiger partial charge in [0.05, 0.1) is 11.1 Å². The molecule has 2 aromatic carbocycles. The molecule has 27 heavy (non-hydrogen) atoms. The van der Waals surface area contributed by atoms with Crippen molar-refractivity contribution in [2.45, 2.75) is 19.5 Å². The predicted molar refractivity (Wildman–Crippen MR) is 89.8 cm³/mol. The molecule has 0 bridgehead atoms. The lowest BCUT2D eigenvalue weighted by Crippen LogP contribution is -2.18. The summed E-state index contributed by atoms with van der Waals surface area (Å²) < 4.78 is 51.0. The van der Waals surface area contributed by atoms with Crippen LogP contribution < -0.4 is 4.74 Å². The second kappa shape index (κ2) is 8.57. The minimum atomic E-state index is -4.88. The van der Waals surface area contributed by atoms with Crippen molar-refractivity contribution >= 4 is 11.9 Å². The number of carboxylic acid groups (broad SMARTS) is 1. The summed E-state index contributed by atoms with van der Waals surface area (Å²) in [6, 6.07) is 10.4. The quantitative estimate of drug-likeness (QED) is 0.580. The van der Waals surface area contributed by atoms with Crippen LogP contribution in [0.15, 0.2) is 42.5 Å². The summed E-state index contributed by atoms with van der Waals surface area (Å²) in [5.41, 5.74) is -1.81. The van der Waals surface area contributed by atoms with Crippen LogP contribution in [0.5, 0.6) is 5.75 Å². The van der Waals surface area contributed by atoms with Gasteiger partial charge in [-0.2, -0.15) is 13.2 Å². The maximum atomic E-state index is 13.7. The molecule has 0 fully saturated rings. The van der Waals surface area contributed by atoms with Crippen LogP contribution in [0.2, 0.25) is 0 Å². The Morgan fingerprint density at radius 3 is 2.26 bits per heavy atom. The number of rotatable bonds is 7. The molecular formula is C19H17F3O5. The zero-order chi connectivity index (χ0) is 20.0. The van der Waals surface area contributed by atoms with E-state index in [1.165, 1.54) is 13.0 Å². The van der Waals surface area contributed by atoms with Gasteiger partial charge in [-0.1, -0.05) is 30.3 Å². The number of ether oxygens (including phenoxy) is 2. The SMILES string of the molecule is CC(=O)OCCOc1ccc(C(=O)O)c(C(F)(F)F)c1Cc1ccccc1. The fraction of sp³-hybridized carbons (Fsp3) is 0.263. The van der Waals surface area contributed by atoms with E-state index in [-0.39, 0.29) is 30.9 Å². The Hall–Kier alpha value is -3.03. The van der Waals surface area contributed by atoms with Gasteiger partial charge in [0.2, 0.25) is 0 Å². The van der Waals surface area contributed by atoms with Crippen molar-refractivity contribution in [3.8, 4) is 5.75 Å². The summed E-state index contributed by atoms with van der Waals surface area (Å²) in [6.45, 7) is 0.900. The first kappa shape index (κ1) is 20.3. The summed E-state index contributed by atoms with van der Waals surface area (Å²) in [6.07, 6.45) is -5.05. The van der Waals surface area contributed by atoms with Gasteiger partial charge in [0.1, 0.15) is 19.0 Å². The fourth-order valence-corrected chi connectivity index (χ4v) is 2.58. The van der Waals surface area contributed by atoms with Crippen LogP contribution in [0.1, 0.15) is 34.0 Å². The highest BCUT2D eigenvalue weighted by Crippen LogP contribution is 2.40. The van der Waals surface area contributed by atoms with Crippen LogP contribution in [-0.2, 0) is 22.1 Å². The van der Waals surface area contributed by atoms with Crippen molar-refractivity contribution in [2.75, 3.05) is 13.2 Å². The maximum Gasteiger partial charge on any atom is 0.417 e. The molecule has 0 heterocycles. The molecule has 1 N–H and O–H groups in total. The van der Waals surface area contributed by atoms with Gasteiger partial charge < -0.3 is 14.6 Å². The van der Waals surface area contributed by atoms with Crippen molar-refractivity contribution in [3.63, 3.8) is 0 Å². The van der Waals surface area contributed by atoms with E-state index in [0.717, 1.165) is 6.07 Å². The summed E-state index contributed by atoms with van der Waals surface area (Å²) >= 11 is 0. The third-order valence-electron chi connectivity index (χ3n) is 3.65. The van der Waals surface area contributed by atoms with Crippen LogP contribution in [-0.4, -0.2) is 30.3 Å². The number of esters is 1. The van der Waals surface area contributed by atoms with Crippen molar-refractivity contribution in [1.29, 1.82) is 0 Å². The largest absolute Gasteiger partial charge is 0.490 e. The average Bonchev–Trinajstić information content (AvgIpc) is 2.58. The Morgan fingerprint density at radius 1 is 1.04 bits per heavy atom. The highest BCUT2D eigenvalue weighted by Gasteiger charge is 2.39. The van der Waals surface area contributed by atoms with Crippen molar-refractivity contribution in [1.82, 2.24) is 0 Å². The molecule has 0 saturated heterocycles. The molecule has 0 radical (unpaired) electrons. The molecule has 0 amide bonds. The van der Waals surface area contributed by atoms with Gasteiger partial charge in [-0.25, -0.2) is 4.79 Å². The van der Waals surface area contributed by atoms with Gasteiger partial charge in [-0.05, 0) is 17.7 Å². The number of hydrogen-bond donors (Lipinski definition) is 1. The molecule has 2 aromatic rings. The lowest BCUT2D eigenvalue weighted by atomic mass is 9.94. The number of benzene rings is 2. The Kier molecular flexibility index (Phi) is 6.44.